The molecular formula is C7H5Cl2F2NO. The molecule has 1 aromatic heterocycles. The monoisotopic (exact) mass is 227 g/mol. The van der Waals surface area contributed by atoms with Gasteiger partial charge in [-0.3, -0.25) is 0 Å². The Morgan fingerprint density at radius 2 is 2.15 bits per heavy atom. The third kappa shape index (κ3) is 2.19. The van der Waals surface area contributed by atoms with Crippen molar-refractivity contribution in [2.24, 2.45) is 0 Å². The molecule has 0 spiro atoms. The predicted octanol–water partition coefficient (Wildman–Crippen LogP) is 3.12. The Morgan fingerprint density at radius 1 is 1.54 bits per heavy atom. The molecule has 0 fully saturated rings. The highest BCUT2D eigenvalue weighted by Gasteiger charge is 2.18. The molecule has 2 nitrogen and oxygen atoms in total. The predicted molar refractivity (Wildman–Crippen MR) is 45.4 cm³/mol. The third-order valence-electron chi connectivity index (χ3n) is 1.42. The van der Waals surface area contributed by atoms with E-state index in [0.717, 1.165) is 0 Å². The van der Waals surface area contributed by atoms with Crippen LogP contribution in [0.1, 0.15) is 17.7 Å². The van der Waals surface area contributed by atoms with Crippen molar-refractivity contribution in [1.29, 1.82) is 0 Å². The van der Waals surface area contributed by atoms with Crippen molar-refractivity contribution in [3.63, 3.8) is 0 Å². The summed E-state index contributed by atoms with van der Waals surface area (Å²) in [5, 5.41) is 9.09. The van der Waals surface area contributed by atoms with Gasteiger partial charge in [0.05, 0.1) is 5.88 Å². The lowest BCUT2D eigenvalue weighted by molar-refractivity contribution is 0.141. The zero-order chi connectivity index (χ0) is 10.0. The number of hydrogen-bond donors (Lipinski definition) is 1. The van der Waals surface area contributed by atoms with Gasteiger partial charge in [-0.05, 0) is 6.07 Å². The smallest absolute Gasteiger partial charge is 0.284 e. The standard InChI is InChI=1S/C7H5Cl2F2NO/c8-2-3-1-4(9)12-5(6(3)13)7(10)11/h1,7,13H,2H2. The lowest BCUT2D eigenvalue weighted by atomic mass is 10.2. The van der Waals surface area contributed by atoms with Crippen molar-refractivity contribution in [3.8, 4) is 5.75 Å². The minimum atomic E-state index is -2.86. The molecule has 0 amide bonds. The van der Waals surface area contributed by atoms with Gasteiger partial charge in [-0.25, -0.2) is 13.8 Å². The highest BCUT2D eigenvalue weighted by atomic mass is 35.5. The van der Waals surface area contributed by atoms with Crippen molar-refractivity contribution >= 4 is 23.2 Å². The van der Waals surface area contributed by atoms with Gasteiger partial charge in [0.15, 0.2) is 0 Å². The first-order valence-electron chi connectivity index (χ1n) is 3.28. The van der Waals surface area contributed by atoms with Crippen molar-refractivity contribution < 1.29 is 13.9 Å². The van der Waals surface area contributed by atoms with Crippen LogP contribution in [-0.2, 0) is 5.88 Å². The number of rotatable bonds is 2. The quantitative estimate of drug-likeness (QED) is 0.623. The van der Waals surface area contributed by atoms with Gasteiger partial charge in [-0.1, -0.05) is 11.6 Å². The second-order valence-corrected chi connectivity index (χ2v) is 2.93. The van der Waals surface area contributed by atoms with Crippen LogP contribution >= 0.6 is 23.2 Å². The summed E-state index contributed by atoms with van der Waals surface area (Å²) in [4.78, 5) is 3.29. The van der Waals surface area contributed by atoms with Crippen LogP contribution in [0.2, 0.25) is 5.15 Å². The molecule has 6 heteroatoms. The Labute approximate surface area is 83.1 Å². The number of hydrogen-bond acceptors (Lipinski definition) is 2. The Morgan fingerprint density at radius 3 is 2.62 bits per heavy atom. The fourth-order valence-corrected chi connectivity index (χ4v) is 1.26. The summed E-state index contributed by atoms with van der Waals surface area (Å²) >= 11 is 10.8. The average Bonchev–Trinajstić information content (AvgIpc) is 2.08. The molecule has 0 atom stereocenters. The fraction of sp³-hybridized carbons (Fsp3) is 0.286. The molecular weight excluding hydrogens is 223 g/mol. The number of aromatic nitrogens is 1. The van der Waals surface area contributed by atoms with Gasteiger partial charge in [0.25, 0.3) is 6.43 Å². The van der Waals surface area contributed by atoms with Crippen LogP contribution in [-0.4, -0.2) is 10.1 Å². The molecule has 72 valence electrons. The zero-order valence-electron chi connectivity index (χ0n) is 6.27. The second-order valence-electron chi connectivity index (χ2n) is 2.27. The summed E-state index contributed by atoms with van der Waals surface area (Å²) in [6.45, 7) is 0. The van der Waals surface area contributed by atoms with Crippen molar-refractivity contribution in [1.82, 2.24) is 4.98 Å². The summed E-state index contributed by atoms with van der Waals surface area (Å²) in [6, 6.07) is 1.25. The van der Waals surface area contributed by atoms with Crippen LogP contribution in [0.4, 0.5) is 8.78 Å². The van der Waals surface area contributed by atoms with E-state index in [0.29, 0.717) is 0 Å². The van der Waals surface area contributed by atoms with Crippen molar-refractivity contribution in [2.45, 2.75) is 12.3 Å². The molecule has 1 heterocycles. The molecule has 0 saturated carbocycles. The van der Waals surface area contributed by atoms with Crippen LogP contribution in [0.25, 0.3) is 0 Å². The van der Waals surface area contributed by atoms with E-state index in [2.05, 4.69) is 4.98 Å². The van der Waals surface area contributed by atoms with Crippen LogP contribution < -0.4 is 0 Å². The van der Waals surface area contributed by atoms with Gasteiger partial charge in [0.2, 0.25) is 0 Å². The SMILES string of the molecule is Oc1c(CCl)cc(Cl)nc1C(F)F. The third-order valence-corrected chi connectivity index (χ3v) is 1.90. The van der Waals surface area contributed by atoms with Gasteiger partial charge < -0.3 is 5.11 Å². The highest BCUT2D eigenvalue weighted by Crippen LogP contribution is 2.31. The molecule has 0 radical (unpaired) electrons. The normalized spacial score (nSPS) is 10.8. The van der Waals surface area contributed by atoms with Gasteiger partial charge in [-0.2, -0.15) is 0 Å². The lowest BCUT2D eigenvalue weighted by Crippen LogP contribution is -1.94. The summed E-state index contributed by atoms with van der Waals surface area (Å²) in [5.74, 6) is -0.678. The first-order chi connectivity index (χ1) is 6.06. The molecule has 0 saturated heterocycles. The number of aromatic hydroxyl groups is 1. The molecule has 1 aromatic rings. The van der Waals surface area contributed by atoms with E-state index in [1.165, 1.54) is 6.07 Å². The van der Waals surface area contributed by atoms with Crippen LogP contribution in [0.15, 0.2) is 6.07 Å². The molecule has 0 bridgehead atoms. The van der Waals surface area contributed by atoms with E-state index in [1.807, 2.05) is 0 Å². The number of halogens is 4. The Hall–Kier alpha value is -0.610. The molecule has 1 N–H and O–H groups in total. The Kier molecular flexibility index (Phi) is 3.27. The van der Waals surface area contributed by atoms with Gasteiger partial charge in [0.1, 0.15) is 16.6 Å². The topological polar surface area (TPSA) is 33.1 Å². The first-order valence-corrected chi connectivity index (χ1v) is 4.20. The van der Waals surface area contributed by atoms with E-state index >= 15 is 0 Å². The van der Waals surface area contributed by atoms with Crippen LogP contribution in [0.3, 0.4) is 0 Å². The number of nitrogens with zero attached hydrogens (tertiary/aromatic N) is 1. The second kappa shape index (κ2) is 4.07. The molecule has 1 rings (SSSR count). The first kappa shape index (κ1) is 10.5. The van der Waals surface area contributed by atoms with E-state index in [9.17, 15) is 13.9 Å². The Balaban J connectivity index is 3.27. The molecule has 0 aliphatic heterocycles. The number of pyridine rings is 1. The Bertz CT molecular complexity index is 320. The molecule has 0 aromatic carbocycles. The lowest BCUT2D eigenvalue weighted by Gasteiger charge is -2.06. The zero-order valence-corrected chi connectivity index (χ0v) is 7.78. The maximum atomic E-state index is 12.2. The van der Waals surface area contributed by atoms with Crippen molar-refractivity contribution in [2.75, 3.05) is 0 Å². The highest BCUT2D eigenvalue weighted by molar-refractivity contribution is 6.29. The minimum absolute atomic E-state index is 0.0895. The molecule has 0 aliphatic carbocycles. The molecule has 13 heavy (non-hydrogen) atoms. The minimum Gasteiger partial charge on any atom is -0.505 e. The largest absolute Gasteiger partial charge is 0.505 e. The molecule has 0 aliphatic rings. The van der Waals surface area contributed by atoms with Crippen molar-refractivity contribution in [3.05, 3.63) is 22.5 Å². The molecule has 0 unspecified atom stereocenters. The van der Waals surface area contributed by atoms with E-state index in [4.69, 9.17) is 23.2 Å². The summed E-state index contributed by atoms with van der Waals surface area (Å²) in [6.07, 6.45) is -2.86. The van der Waals surface area contributed by atoms with Crippen LogP contribution in [0, 0.1) is 0 Å². The van der Waals surface area contributed by atoms with E-state index < -0.39 is 17.9 Å². The van der Waals surface area contributed by atoms with E-state index in [-0.39, 0.29) is 16.6 Å². The van der Waals surface area contributed by atoms with Gasteiger partial charge in [0, 0.05) is 5.56 Å². The van der Waals surface area contributed by atoms with Crippen LogP contribution in [0.5, 0.6) is 5.75 Å². The fourth-order valence-electron chi connectivity index (χ4n) is 0.831. The van der Waals surface area contributed by atoms with Gasteiger partial charge >= 0.3 is 0 Å². The van der Waals surface area contributed by atoms with E-state index in [1.54, 1.807) is 0 Å². The number of alkyl halides is 3. The summed E-state index contributed by atoms with van der Waals surface area (Å²) in [5.41, 5.74) is -0.583. The summed E-state index contributed by atoms with van der Waals surface area (Å²) in [7, 11) is 0. The maximum Gasteiger partial charge on any atom is 0.284 e. The van der Waals surface area contributed by atoms with Gasteiger partial charge in [-0.15, -0.1) is 11.6 Å². The maximum absolute atomic E-state index is 12.2. The summed E-state index contributed by atoms with van der Waals surface area (Å²) < 4.78 is 24.4. The average molecular weight is 228 g/mol.